The van der Waals surface area contributed by atoms with Gasteiger partial charge < -0.3 is 10.6 Å². The third-order valence-corrected chi connectivity index (χ3v) is 4.29. The second-order valence-corrected chi connectivity index (χ2v) is 5.91. The van der Waals surface area contributed by atoms with Crippen LogP contribution in [-0.2, 0) is 0 Å². The summed E-state index contributed by atoms with van der Waals surface area (Å²) in [4.78, 5) is 11.9. The zero-order valence-corrected chi connectivity index (χ0v) is 11.6. The van der Waals surface area contributed by atoms with E-state index in [1.54, 1.807) is 12.1 Å². The normalized spacial score (nSPS) is 19.9. The molecule has 1 aliphatic heterocycles. The van der Waals surface area contributed by atoms with Crippen molar-refractivity contribution in [1.29, 1.82) is 0 Å². The summed E-state index contributed by atoms with van der Waals surface area (Å²) < 4.78 is 14.2. The lowest BCUT2D eigenvalue weighted by Crippen LogP contribution is -2.27. The topological polar surface area (TPSA) is 41.1 Å². The van der Waals surface area contributed by atoms with Gasteiger partial charge in [0, 0.05) is 12.1 Å². The van der Waals surface area contributed by atoms with Gasteiger partial charge in [0.1, 0.15) is 5.82 Å². The van der Waals surface area contributed by atoms with Crippen molar-refractivity contribution in [2.24, 2.45) is 5.92 Å². The Morgan fingerprint density at radius 2 is 2.00 bits per heavy atom. The highest BCUT2D eigenvalue weighted by Gasteiger charge is 2.23. The number of benzene rings is 1. The van der Waals surface area contributed by atoms with Gasteiger partial charge in [-0.05, 0) is 68.3 Å². The maximum absolute atomic E-state index is 14.2. The number of hydrogen-bond donors (Lipinski definition) is 2. The predicted octanol–water partition coefficient (Wildman–Crippen LogP) is 2.43. The third-order valence-electron chi connectivity index (χ3n) is 4.29. The van der Waals surface area contributed by atoms with Gasteiger partial charge in [-0.25, -0.2) is 4.39 Å². The first kappa shape index (κ1) is 13.6. The molecule has 0 bridgehead atoms. The van der Waals surface area contributed by atoms with E-state index in [4.69, 9.17) is 0 Å². The number of rotatable bonds is 4. The fourth-order valence-corrected chi connectivity index (χ4v) is 2.79. The smallest absolute Gasteiger partial charge is 0.251 e. The molecular formula is C16H21FN2O. The van der Waals surface area contributed by atoms with Gasteiger partial charge in [-0.15, -0.1) is 0 Å². The van der Waals surface area contributed by atoms with Crippen molar-refractivity contribution in [2.45, 2.75) is 31.6 Å². The molecule has 108 valence electrons. The van der Waals surface area contributed by atoms with Crippen LogP contribution in [-0.4, -0.2) is 25.5 Å². The number of carbonyl (C=O) groups is 1. The van der Waals surface area contributed by atoms with Crippen molar-refractivity contribution < 1.29 is 9.18 Å². The Hall–Kier alpha value is -1.42. The van der Waals surface area contributed by atoms with Crippen LogP contribution < -0.4 is 10.6 Å². The molecule has 3 rings (SSSR count). The van der Waals surface area contributed by atoms with Crippen LogP contribution in [0.4, 0.5) is 4.39 Å². The molecule has 0 atom stereocenters. The molecule has 1 aliphatic carbocycles. The lowest BCUT2D eigenvalue weighted by molar-refractivity contribution is 0.0951. The Kier molecular flexibility index (Phi) is 4.01. The Bertz CT molecular complexity index is 493. The van der Waals surface area contributed by atoms with E-state index in [0.29, 0.717) is 11.5 Å². The van der Waals surface area contributed by atoms with Crippen LogP contribution in [0, 0.1) is 11.7 Å². The summed E-state index contributed by atoms with van der Waals surface area (Å²) in [6, 6.07) is 4.93. The molecule has 2 fully saturated rings. The minimum atomic E-state index is -0.240. The van der Waals surface area contributed by atoms with Crippen LogP contribution >= 0.6 is 0 Å². The van der Waals surface area contributed by atoms with Crippen LogP contribution in [0.1, 0.15) is 47.5 Å². The van der Waals surface area contributed by atoms with Crippen LogP contribution in [0.15, 0.2) is 18.2 Å². The SMILES string of the molecule is O=C(NCC1CC1)c1ccc(C2CCNCC2)c(F)c1. The molecule has 0 radical (unpaired) electrons. The zero-order valence-electron chi connectivity index (χ0n) is 11.6. The minimum Gasteiger partial charge on any atom is -0.352 e. The van der Waals surface area contributed by atoms with Gasteiger partial charge in [-0.1, -0.05) is 6.07 Å². The molecule has 1 saturated carbocycles. The van der Waals surface area contributed by atoms with Gasteiger partial charge in [-0.2, -0.15) is 0 Å². The van der Waals surface area contributed by atoms with E-state index < -0.39 is 0 Å². The molecule has 1 amide bonds. The largest absolute Gasteiger partial charge is 0.352 e. The molecule has 0 unspecified atom stereocenters. The van der Waals surface area contributed by atoms with Gasteiger partial charge in [-0.3, -0.25) is 4.79 Å². The van der Waals surface area contributed by atoms with Crippen LogP contribution in [0.3, 0.4) is 0 Å². The second kappa shape index (κ2) is 5.92. The minimum absolute atomic E-state index is 0.160. The Balaban J connectivity index is 1.67. The first-order valence-corrected chi connectivity index (χ1v) is 7.52. The number of hydrogen-bond acceptors (Lipinski definition) is 2. The fraction of sp³-hybridized carbons (Fsp3) is 0.562. The molecule has 0 aromatic heterocycles. The molecule has 0 spiro atoms. The molecule has 1 saturated heterocycles. The van der Waals surface area contributed by atoms with E-state index in [1.807, 2.05) is 0 Å². The first-order valence-electron chi connectivity index (χ1n) is 7.52. The van der Waals surface area contributed by atoms with Crippen molar-refractivity contribution in [3.05, 3.63) is 35.1 Å². The maximum atomic E-state index is 14.2. The summed E-state index contributed by atoms with van der Waals surface area (Å²) in [6.45, 7) is 2.60. The van der Waals surface area contributed by atoms with Crippen molar-refractivity contribution in [3.63, 3.8) is 0 Å². The van der Waals surface area contributed by atoms with Crippen molar-refractivity contribution >= 4 is 5.91 Å². The maximum Gasteiger partial charge on any atom is 0.251 e. The number of amides is 1. The molecule has 4 heteroatoms. The van der Waals surface area contributed by atoms with Crippen molar-refractivity contribution in [3.8, 4) is 0 Å². The molecule has 1 aromatic carbocycles. The molecule has 2 aliphatic rings. The Morgan fingerprint density at radius 1 is 1.25 bits per heavy atom. The fourth-order valence-electron chi connectivity index (χ4n) is 2.79. The third kappa shape index (κ3) is 3.18. The molecule has 1 heterocycles. The van der Waals surface area contributed by atoms with Gasteiger partial charge in [0.25, 0.3) is 5.91 Å². The van der Waals surface area contributed by atoms with Gasteiger partial charge in [0.2, 0.25) is 0 Å². The predicted molar refractivity (Wildman–Crippen MR) is 76.3 cm³/mol. The van der Waals surface area contributed by atoms with Gasteiger partial charge >= 0.3 is 0 Å². The summed E-state index contributed by atoms with van der Waals surface area (Å²) in [5.74, 6) is 0.515. The van der Waals surface area contributed by atoms with E-state index in [2.05, 4.69) is 10.6 Å². The van der Waals surface area contributed by atoms with Crippen molar-refractivity contribution in [2.75, 3.05) is 19.6 Å². The van der Waals surface area contributed by atoms with Crippen molar-refractivity contribution in [1.82, 2.24) is 10.6 Å². The summed E-state index contributed by atoms with van der Waals surface area (Å²) in [5.41, 5.74) is 1.19. The van der Waals surface area contributed by atoms with Gasteiger partial charge in [0.05, 0.1) is 0 Å². The molecule has 1 aromatic rings. The second-order valence-electron chi connectivity index (χ2n) is 5.91. The molecule has 20 heavy (non-hydrogen) atoms. The summed E-state index contributed by atoms with van der Waals surface area (Å²) in [6.07, 6.45) is 4.32. The van der Waals surface area contributed by atoms with Crippen LogP contribution in [0.5, 0.6) is 0 Å². The zero-order chi connectivity index (χ0) is 13.9. The standard InChI is InChI=1S/C16H21FN2O/c17-15-9-13(16(20)19-10-11-1-2-11)3-4-14(15)12-5-7-18-8-6-12/h3-4,9,11-12,18H,1-2,5-8,10H2,(H,19,20). The average molecular weight is 276 g/mol. The number of halogens is 1. The van der Waals surface area contributed by atoms with E-state index in [0.717, 1.165) is 38.0 Å². The Morgan fingerprint density at radius 3 is 2.65 bits per heavy atom. The monoisotopic (exact) mass is 276 g/mol. The molecule has 3 nitrogen and oxygen atoms in total. The summed E-state index contributed by atoms with van der Waals surface area (Å²) in [5, 5.41) is 6.15. The summed E-state index contributed by atoms with van der Waals surface area (Å²) >= 11 is 0. The van der Waals surface area contributed by atoms with Crippen LogP contribution in [0.25, 0.3) is 0 Å². The van der Waals surface area contributed by atoms with Crippen LogP contribution in [0.2, 0.25) is 0 Å². The first-order chi connectivity index (χ1) is 9.74. The number of piperidine rings is 1. The van der Waals surface area contributed by atoms with E-state index in [1.165, 1.54) is 18.9 Å². The van der Waals surface area contributed by atoms with Gasteiger partial charge in [0.15, 0.2) is 0 Å². The highest BCUT2D eigenvalue weighted by Crippen LogP contribution is 2.29. The number of nitrogens with one attached hydrogen (secondary N) is 2. The van der Waals surface area contributed by atoms with E-state index in [-0.39, 0.29) is 17.6 Å². The average Bonchev–Trinajstić information content (AvgIpc) is 3.30. The van der Waals surface area contributed by atoms with E-state index in [9.17, 15) is 9.18 Å². The number of carbonyl (C=O) groups excluding carboxylic acids is 1. The highest BCUT2D eigenvalue weighted by atomic mass is 19.1. The quantitative estimate of drug-likeness (QED) is 0.887. The summed E-state index contributed by atoms with van der Waals surface area (Å²) in [7, 11) is 0. The highest BCUT2D eigenvalue weighted by molar-refractivity contribution is 5.94. The lowest BCUT2D eigenvalue weighted by atomic mass is 9.89. The van der Waals surface area contributed by atoms with E-state index >= 15 is 0 Å². The molecular weight excluding hydrogens is 255 g/mol. The lowest BCUT2D eigenvalue weighted by Gasteiger charge is -2.23. The molecule has 2 N–H and O–H groups in total. The Labute approximate surface area is 118 Å².